The van der Waals surface area contributed by atoms with Crippen molar-refractivity contribution in [1.29, 1.82) is 0 Å². The molecule has 1 aliphatic heterocycles. The molecule has 5 rings (SSSR count). The van der Waals surface area contributed by atoms with Crippen molar-refractivity contribution < 1.29 is 0 Å². The van der Waals surface area contributed by atoms with E-state index in [1.54, 1.807) is 10.9 Å². The van der Waals surface area contributed by atoms with Gasteiger partial charge in [-0.3, -0.25) is 9.67 Å². The van der Waals surface area contributed by atoms with E-state index in [0.717, 1.165) is 54.6 Å². The van der Waals surface area contributed by atoms with E-state index in [9.17, 15) is 0 Å². The van der Waals surface area contributed by atoms with E-state index in [4.69, 9.17) is 9.97 Å². The lowest BCUT2D eigenvalue weighted by Crippen LogP contribution is -2.47. The van der Waals surface area contributed by atoms with Crippen LogP contribution in [0, 0.1) is 0 Å². The van der Waals surface area contributed by atoms with Crippen LogP contribution in [0.4, 0.5) is 11.6 Å². The molecule has 1 aliphatic rings. The van der Waals surface area contributed by atoms with E-state index in [-0.39, 0.29) is 0 Å². The van der Waals surface area contributed by atoms with Gasteiger partial charge in [0, 0.05) is 50.4 Å². The van der Waals surface area contributed by atoms with E-state index in [1.165, 1.54) is 5.39 Å². The third kappa shape index (κ3) is 3.15. The highest BCUT2D eigenvalue weighted by Crippen LogP contribution is 2.22. The van der Waals surface area contributed by atoms with Crippen LogP contribution in [-0.4, -0.2) is 50.9 Å². The summed E-state index contributed by atoms with van der Waals surface area (Å²) in [7, 11) is 1.90. The molecule has 0 saturated carbocycles. The number of piperazine rings is 1. The monoisotopic (exact) mass is 371 g/mol. The van der Waals surface area contributed by atoms with Gasteiger partial charge in [-0.25, -0.2) is 9.97 Å². The Balaban J connectivity index is 1.31. The van der Waals surface area contributed by atoms with Crippen LogP contribution in [0.15, 0.2) is 61.2 Å². The number of nitrogens with zero attached hydrogens (tertiary/aromatic N) is 7. The Morgan fingerprint density at radius 2 is 1.57 bits per heavy atom. The Morgan fingerprint density at radius 3 is 2.36 bits per heavy atom. The Kier molecular flexibility index (Phi) is 4.12. The number of rotatable bonds is 3. The minimum atomic E-state index is 0.851. The molecule has 0 spiro atoms. The number of benzene rings is 1. The number of pyridine rings is 1. The van der Waals surface area contributed by atoms with Crippen molar-refractivity contribution in [3.05, 3.63) is 61.2 Å². The zero-order valence-electron chi connectivity index (χ0n) is 15.7. The van der Waals surface area contributed by atoms with Gasteiger partial charge >= 0.3 is 0 Å². The quantitative estimate of drug-likeness (QED) is 0.552. The number of hydrogen-bond donors (Lipinski definition) is 0. The highest BCUT2D eigenvalue weighted by Gasteiger charge is 2.20. The van der Waals surface area contributed by atoms with E-state index in [2.05, 4.69) is 44.1 Å². The Bertz CT molecular complexity index is 1110. The van der Waals surface area contributed by atoms with Crippen LogP contribution < -0.4 is 9.80 Å². The van der Waals surface area contributed by atoms with Gasteiger partial charge in [0.15, 0.2) is 0 Å². The summed E-state index contributed by atoms with van der Waals surface area (Å²) in [5.74, 6) is 1.95. The molecule has 0 N–H and O–H groups in total. The van der Waals surface area contributed by atoms with E-state index in [1.807, 2.05) is 37.8 Å². The molecule has 1 aromatic carbocycles. The van der Waals surface area contributed by atoms with Crippen LogP contribution in [0.2, 0.25) is 0 Å². The van der Waals surface area contributed by atoms with Gasteiger partial charge < -0.3 is 9.80 Å². The first-order valence-corrected chi connectivity index (χ1v) is 9.43. The number of aryl methyl sites for hydroxylation is 1. The van der Waals surface area contributed by atoms with Crippen LogP contribution in [0.1, 0.15) is 0 Å². The minimum Gasteiger partial charge on any atom is -0.353 e. The second kappa shape index (κ2) is 6.92. The molecule has 0 amide bonds. The molecule has 1 fully saturated rings. The predicted octanol–water partition coefficient (Wildman–Crippen LogP) is 2.75. The predicted molar refractivity (Wildman–Crippen MR) is 110 cm³/mol. The van der Waals surface area contributed by atoms with Gasteiger partial charge in [-0.05, 0) is 18.2 Å². The summed E-state index contributed by atoms with van der Waals surface area (Å²) in [6.45, 7) is 3.59. The van der Waals surface area contributed by atoms with E-state index >= 15 is 0 Å². The molecule has 0 atom stereocenters. The third-order valence-electron chi connectivity index (χ3n) is 5.13. The molecule has 140 valence electrons. The zero-order valence-corrected chi connectivity index (χ0v) is 15.7. The number of aromatic nitrogens is 5. The highest BCUT2D eigenvalue weighted by molar-refractivity contribution is 5.80. The third-order valence-corrected chi connectivity index (χ3v) is 5.13. The van der Waals surface area contributed by atoms with Crippen molar-refractivity contribution >= 4 is 22.5 Å². The second-order valence-electron chi connectivity index (χ2n) is 7.00. The van der Waals surface area contributed by atoms with Crippen LogP contribution >= 0.6 is 0 Å². The van der Waals surface area contributed by atoms with Crippen molar-refractivity contribution in [3.63, 3.8) is 0 Å². The molecule has 0 radical (unpaired) electrons. The van der Waals surface area contributed by atoms with Crippen molar-refractivity contribution in [1.82, 2.24) is 24.7 Å². The Morgan fingerprint density at radius 1 is 0.786 bits per heavy atom. The molecule has 0 unspecified atom stereocenters. The largest absolute Gasteiger partial charge is 0.353 e. The average Bonchev–Trinajstić information content (AvgIpc) is 3.20. The molecule has 4 aromatic rings. The SMILES string of the molecule is Cn1cc(-c2cncc(N3CCN(c4ccc5ccccc5n4)CC3)n2)cn1. The molecule has 3 aromatic heterocycles. The molecule has 7 heteroatoms. The summed E-state index contributed by atoms with van der Waals surface area (Å²) in [5, 5.41) is 5.40. The smallest absolute Gasteiger partial charge is 0.147 e. The molecule has 4 heterocycles. The minimum absolute atomic E-state index is 0.851. The molecule has 1 saturated heterocycles. The first kappa shape index (κ1) is 16.7. The maximum Gasteiger partial charge on any atom is 0.147 e. The van der Waals surface area contributed by atoms with E-state index < -0.39 is 0 Å². The summed E-state index contributed by atoms with van der Waals surface area (Å²) >= 11 is 0. The normalized spacial score (nSPS) is 14.6. The zero-order chi connectivity index (χ0) is 18.9. The molecular weight excluding hydrogens is 350 g/mol. The highest BCUT2D eigenvalue weighted by atomic mass is 15.3. The fraction of sp³-hybridized carbons (Fsp3) is 0.238. The summed E-state index contributed by atoms with van der Waals surface area (Å²) in [6, 6.07) is 12.5. The standard InChI is InChI=1S/C21H21N7/c1-26-15-17(12-23-26)19-13-22-14-21(25-19)28-10-8-27(9-11-28)20-7-6-16-4-2-3-5-18(16)24-20/h2-7,12-15H,8-11H2,1H3. The summed E-state index contributed by atoms with van der Waals surface area (Å²) in [6.07, 6.45) is 7.40. The lowest BCUT2D eigenvalue weighted by Gasteiger charge is -2.36. The fourth-order valence-electron chi connectivity index (χ4n) is 3.60. The van der Waals surface area contributed by atoms with Crippen molar-refractivity contribution in [2.45, 2.75) is 0 Å². The lowest BCUT2D eigenvalue weighted by atomic mass is 10.2. The van der Waals surface area contributed by atoms with Crippen LogP contribution in [0.25, 0.3) is 22.2 Å². The van der Waals surface area contributed by atoms with Gasteiger partial charge in [0.1, 0.15) is 11.6 Å². The summed E-state index contributed by atoms with van der Waals surface area (Å²) in [5.41, 5.74) is 2.87. The number of hydrogen-bond acceptors (Lipinski definition) is 6. The van der Waals surface area contributed by atoms with Crippen molar-refractivity contribution in [3.8, 4) is 11.3 Å². The van der Waals surface area contributed by atoms with Crippen LogP contribution in [0.3, 0.4) is 0 Å². The van der Waals surface area contributed by atoms with Gasteiger partial charge in [0.2, 0.25) is 0 Å². The Hall–Kier alpha value is -3.48. The van der Waals surface area contributed by atoms with Crippen LogP contribution in [-0.2, 0) is 7.05 Å². The summed E-state index contributed by atoms with van der Waals surface area (Å²) in [4.78, 5) is 18.6. The first-order chi connectivity index (χ1) is 13.8. The molecule has 0 bridgehead atoms. The van der Waals surface area contributed by atoms with Crippen molar-refractivity contribution in [2.24, 2.45) is 7.05 Å². The van der Waals surface area contributed by atoms with Gasteiger partial charge in [-0.15, -0.1) is 0 Å². The average molecular weight is 371 g/mol. The van der Waals surface area contributed by atoms with Crippen molar-refractivity contribution in [2.75, 3.05) is 36.0 Å². The maximum absolute atomic E-state index is 4.82. The van der Waals surface area contributed by atoms with E-state index in [0.29, 0.717) is 0 Å². The molecule has 28 heavy (non-hydrogen) atoms. The number of para-hydroxylation sites is 1. The topological polar surface area (TPSA) is 63.0 Å². The number of fused-ring (bicyclic) bond motifs is 1. The second-order valence-corrected chi connectivity index (χ2v) is 7.00. The molecular formula is C21H21N7. The lowest BCUT2D eigenvalue weighted by molar-refractivity contribution is 0.641. The fourth-order valence-corrected chi connectivity index (χ4v) is 3.60. The Labute approximate surface area is 163 Å². The summed E-state index contributed by atoms with van der Waals surface area (Å²) < 4.78 is 1.78. The number of anilines is 2. The van der Waals surface area contributed by atoms with Crippen LogP contribution in [0.5, 0.6) is 0 Å². The van der Waals surface area contributed by atoms with Gasteiger partial charge in [0.25, 0.3) is 0 Å². The van der Waals surface area contributed by atoms with Gasteiger partial charge in [-0.2, -0.15) is 5.10 Å². The first-order valence-electron chi connectivity index (χ1n) is 9.43. The van der Waals surface area contributed by atoms with Gasteiger partial charge in [-0.1, -0.05) is 18.2 Å². The van der Waals surface area contributed by atoms with Gasteiger partial charge in [0.05, 0.1) is 29.8 Å². The maximum atomic E-state index is 4.82. The molecule has 7 nitrogen and oxygen atoms in total. The molecule has 0 aliphatic carbocycles.